The fraction of sp³-hybridized carbons (Fsp3) is 0.433. The molecule has 2 aliphatic rings. The summed E-state index contributed by atoms with van der Waals surface area (Å²) < 4.78 is 29.4. The van der Waals surface area contributed by atoms with Gasteiger partial charge < -0.3 is 33.0 Å². The molecule has 0 amide bonds. The maximum Gasteiger partial charge on any atom is 0.306 e. The van der Waals surface area contributed by atoms with Crippen LogP contribution in [0.2, 0.25) is 0 Å². The molecule has 1 aromatic carbocycles. The van der Waals surface area contributed by atoms with E-state index in [9.17, 15) is 19.5 Å². The summed E-state index contributed by atoms with van der Waals surface area (Å²) in [6.07, 6.45) is 0.779. The number of esters is 1. The molecule has 41 heavy (non-hydrogen) atoms. The fourth-order valence-corrected chi connectivity index (χ4v) is 6.13. The predicted octanol–water partition coefficient (Wildman–Crippen LogP) is 2.85. The number of fused-ring (bicyclic) bond motifs is 4. The van der Waals surface area contributed by atoms with E-state index in [0.29, 0.717) is 48.2 Å². The Kier molecular flexibility index (Phi) is 8.07. The number of benzene rings is 1. The fourth-order valence-electron chi connectivity index (χ4n) is 6.13. The van der Waals surface area contributed by atoms with E-state index < -0.39 is 23.1 Å². The number of carbonyl (C=O) groups excluding carboxylic acids is 1. The number of rotatable bonds is 9. The molecule has 2 aliphatic heterocycles. The zero-order valence-electron chi connectivity index (χ0n) is 23.5. The number of likely N-dealkylation sites (tertiary alicyclic amines) is 1. The second-order valence-corrected chi connectivity index (χ2v) is 10.5. The van der Waals surface area contributed by atoms with Gasteiger partial charge in [-0.15, -0.1) is 0 Å². The van der Waals surface area contributed by atoms with Gasteiger partial charge in [-0.05, 0) is 36.1 Å². The molecule has 4 heterocycles. The Hall–Kier alpha value is -4.25. The van der Waals surface area contributed by atoms with Crippen LogP contribution in [0.3, 0.4) is 0 Å². The molecule has 218 valence electrons. The Morgan fingerprint density at radius 2 is 1.76 bits per heavy atom. The Labute approximate surface area is 236 Å². The molecule has 3 aromatic rings. The maximum atomic E-state index is 13.0. The molecule has 0 aliphatic carbocycles. The summed E-state index contributed by atoms with van der Waals surface area (Å²) in [6, 6.07) is 9.96. The molecule has 1 N–H and O–H groups in total. The minimum Gasteiger partial charge on any atom is -0.502 e. The number of pyridine rings is 1. The molecule has 0 saturated carbocycles. The van der Waals surface area contributed by atoms with Gasteiger partial charge >= 0.3 is 5.97 Å². The van der Waals surface area contributed by atoms with Crippen LogP contribution in [0, 0.1) is 5.92 Å². The van der Waals surface area contributed by atoms with Gasteiger partial charge in [0, 0.05) is 43.4 Å². The van der Waals surface area contributed by atoms with Gasteiger partial charge in [0.1, 0.15) is 5.76 Å². The summed E-state index contributed by atoms with van der Waals surface area (Å²) in [5.74, 6) is -0.214. The Bertz CT molecular complexity index is 1540. The second kappa shape index (κ2) is 11.7. The maximum absolute atomic E-state index is 13.0. The van der Waals surface area contributed by atoms with E-state index in [1.165, 1.54) is 34.5 Å². The van der Waals surface area contributed by atoms with Crippen LogP contribution in [0.25, 0.3) is 0 Å². The highest BCUT2D eigenvalue weighted by Crippen LogP contribution is 2.43. The van der Waals surface area contributed by atoms with Crippen LogP contribution < -0.4 is 25.2 Å². The Morgan fingerprint density at radius 1 is 1.02 bits per heavy atom. The topological polar surface area (TPSA) is 130 Å². The zero-order chi connectivity index (χ0) is 29.3. The standard InChI is InChI=1S/C30H34N2O9/c1-37-24-9-18(10-25(38-2)30(24)40-4)21(12-27(35)39-3)29-28(36)23(33)11-20(41-29)16-31-13-17-8-19(15-31)22-6-5-7-26(34)32(22)14-17/h5-7,9-11,17,19,21,36H,8,12-16H2,1-4H3. The van der Waals surface area contributed by atoms with E-state index in [1.807, 2.05) is 10.6 Å². The van der Waals surface area contributed by atoms with Crippen molar-refractivity contribution in [1.82, 2.24) is 9.47 Å². The van der Waals surface area contributed by atoms with E-state index in [0.717, 1.165) is 18.7 Å². The molecule has 0 spiro atoms. The smallest absolute Gasteiger partial charge is 0.306 e. The van der Waals surface area contributed by atoms with Crippen LogP contribution in [-0.2, 0) is 22.6 Å². The lowest BCUT2D eigenvalue weighted by molar-refractivity contribution is -0.140. The number of hydrogen-bond acceptors (Lipinski definition) is 10. The number of methoxy groups -OCH3 is 4. The number of aromatic hydroxyl groups is 1. The number of piperidine rings is 1. The molecule has 3 atom stereocenters. The first-order chi connectivity index (χ1) is 19.8. The van der Waals surface area contributed by atoms with Gasteiger partial charge in [-0.1, -0.05) is 6.07 Å². The van der Waals surface area contributed by atoms with Crippen LogP contribution in [0.5, 0.6) is 23.0 Å². The molecule has 3 unspecified atom stereocenters. The van der Waals surface area contributed by atoms with E-state index in [-0.39, 0.29) is 29.6 Å². The minimum atomic E-state index is -0.886. The van der Waals surface area contributed by atoms with Gasteiger partial charge in [0.05, 0.1) is 47.3 Å². The minimum absolute atomic E-state index is 0.0169. The third-order valence-corrected chi connectivity index (χ3v) is 7.94. The Balaban J connectivity index is 1.50. The SMILES string of the molecule is COC(=O)CC(c1cc(OC)c(OC)c(OC)c1)c1oc(CN2CC3CC(C2)c2cccc(=O)n2C3)cc(=O)c1O. The van der Waals surface area contributed by atoms with Gasteiger partial charge in [-0.2, -0.15) is 0 Å². The van der Waals surface area contributed by atoms with E-state index >= 15 is 0 Å². The summed E-state index contributed by atoms with van der Waals surface area (Å²) in [7, 11) is 5.68. The average Bonchev–Trinajstić information content (AvgIpc) is 2.97. The third-order valence-electron chi connectivity index (χ3n) is 7.94. The van der Waals surface area contributed by atoms with Gasteiger partial charge in [0.15, 0.2) is 17.3 Å². The highest BCUT2D eigenvalue weighted by atomic mass is 16.5. The predicted molar refractivity (Wildman–Crippen MR) is 148 cm³/mol. The molecular formula is C30H34N2O9. The lowest BCUT2D eigenvalue weighted by Gasteiger charge is -2.42. The molecule has 11 heteroatoms. The Morgan fingerprint density at radius 3 is 2.41 bits per heavy atom. The molecule has 11 nitrogen and oxygen atoms in total. The van der Waals surface area contributed by atoms with Crippen molar-refractivity contribution in [2.75, 3.05) is 41.5 Å². The van der Waals surface area contributed by atoms with Gasteiger partial charge in [-0.25, -0.2) is 0 Å². The first-order valence-corrected chi connectivity index (χ1v) is 13.4. The third kappa shape index (κ3) is 5.54. The van der Waals surface area contributed by atoms with Crippen molar-refractivity contribution < 1.29 is 33.3 Å². The van der Waals surface area contributed by atoms with Crippen LogP contribution in [-0.4, -0.2) is 62.1 Å². The van der Waals surface area contributed by atoms with Crippen LogP contribution >= 0.6 is 0 Å². The molecule has 0 radical (unpaired) electrons. The number of carbonyl (C=O) groups is 1. The summed E-state index contributed by atoms with van der Waals surface area (Å²) in [6.45, 7) is 2.40. The van der Waals surface area contributed by atoms with Crippen molar-refractivity contribution in [3.63, 3.8) is 0 Å². The number of hydrogen-bond donors (Lipinski definition) is 1. The van der Waals surface area contributed by atoms with Crippen molar-refractivity contribution in [1.29, 1.82) is 0 Å². The summed E-state index contributed by atoms with van der Waals surface area (Å²) in [5.41, 5.74) is 0.919. The summed E-state index contributed by atoms with van der Waals surface area (Å²) in [5, 5.41) is 10.9. The van der Waals surface area contributed by atoms with E-state index in [1.54, 1.807) is 24.3 Å². The quantitative estimate of drug-likeness (QED) is 0.386. The molecular weight excluding hydrogens is 532 g/mol. The monoisotopic (exact) mass is 566 g/mol. The zero-order valence-corrected chi connectivity index (χ0v) is 23.5. The highest BCUT2D eigenvalue weighted by Gasteiger charge is 2.35. The molecule has 5 rings (SSSR count). The van der Waals surface area contributed by atoms with Crippen molar-refractivity contribution >= 4 is 5.97 Å². The van der Waals surface area contributed by atoms with Crippen molar-refractivity contribution in [2.24, 2.45) is 5.92 Å². The van der Waals surface area contributed by atoms with Gasteiger partial charge in [0.25, 0.3) is 5.56 Å². The summed E-state index contributed by atoms with van der Waals surface area (Å²) in [4.78, 5) is 40.1. The van der Waals surface area contributed by atoms with Gasteiger partial charge in [-0.3, -0.25) is 19.3 Å². The first-order valence-electron chi connectivity index (χ1n) is 13.4. The normalized spacial score (nSPS) is 18.7. The first kappa shape index (κ1) is 28.3. The number of aromatic nitrogens is 1. The van der Waals surface area contributed by atoms with Crippen LogP contribution in [0.1, 0.15) is 47.5 Å². The van der Waals surface area contributed by atoms with E-state index in [2.05, 4.69) is 4.90 Å². The van der Waals surface area contributed by atoms with Crippen molar-refractivity contribution in [3.05, 3.63) is 79.8 Å². The highest BCUT2D eigenvalue weighted by molar-refractivity contribution is 5.71. The van der Waals surface area contributed by atoms with Crippen molar-refractivity contribution in [3.8, 4) is 23.0 Å². The lowest BCUT2D eigenvalue weighted by Crippen LogP contribution is -2.46. The van der Waals surface area contributed by atoms with Crippen molar-refractivity contribution in [2.45, 2.75) is 37.8 Å². The van der Waals surface area contributed by atoms with E-state index in [4.69, 9.17) is 23.4 Å². The molecule has 1 fully saturated rings. The number of nitrogens with zero attached hydrogens (tertiary/aromatic N) is 2. The average molecular weight is 567 g/mol. The summed E-state index contributed by atoms with van der Waals surface area (Å²) >= 11 is 0. The van der Waals surface area contributed by atoms with Crippen LogP contribution in [0.4, 0.5) is 0 Å². The second-order valence-electron chi connectivity index (χ2n) is 10.5. The molecule has 1 saturated heterocycles. The largest absolute Gasteiger partial charge is 0.502 e. The van der Waals surface area contributed by atoms with Crippen LogP contribution in [0.15, 0.2) is 50.4 Å². The lowest BCUT2D eigenvalue weighted by atomic mass is 9.83. The molecule has 2 bridgehead atoms. The van der Waals surface area contributed by atoms with Gasteiger partial charge in [0.2, 0.25) is 16.9 Å². The number of ether oxygens (including phenoxy) is 4. The molecule has 2 aromatic heterocycles.